The first-order valence-corrected chi connectivity index (χ1v) is 5.16. The lowest BCUT2D eigenvalue weighted by Gasteiger charge is -2.50. The molecular weight excluding hydrogens is 180 g/mol. The number of carbonyl (C=O) groups excluding carboxylic acids is 1. The number of rotatable bonds is 2. The molecule has 80 valence electrons. The molecule has 0 N–H and O–H groups in total. The van der Waals surface area contributed by atoms with E-state index in [1.165, 1.54) is 0 Å². The third-order valence-corrected chi connectivity index (χ3v) is 3.47. The molecule has 1 atom stereocenters. The molecule has 4 nitrogen and oxygen atoms in total. The van der Waals surface area contributed by atoms with E-state index in [0.29, 0.717) is 0 Å². The molecule has 2 saturated heterocycles. The van der Waals surface area contributed by atoms with Gasteiger partial charge in [-0.1, -0.05) is 0 Å². The van der Waals surface area contributed by atoms with E-state index in [4.69, 9.17) is 4.74 Å². The normalized spacial score (nSPS) is 32.3. The standard InChI is InChI=1S/C10H18N2O2/c1-11-5-3-10(8-11)4-6-12(10)9(13)7-14-2/h3-8H2,1-2H3. The number of likely N-dealkylation sites (N-methyl/N-ethyl adjacent to an activating group) is 1. The highest BCUT2D eigenvalue weighted by atomic mass is 16.5. The average Bonchev–Trinajstić information content (AvgIpc) is 2.48. The van der Waals surface area contributed by atoms with Gasteiger partial charge in [-0.3, -0.25) is 4.79 Å². The van der Waals surface area contributed by atoms with Gasteiger partial charge in [0, 0.05) is 26.7 Å². The van der Waals surface area contributed by atoms with Gasteiger partial charge in [0.1, 0.15) is 6.61 Å². The van der Waals surface area contributed by atoms with Gasteiger partial charge in [-0.2, -0.15) is 0 Å². The molecule has 0 saturated carbocycles. The summed E-state index contributed by atoms with van der Waals surface area (Å²) in [5.74, 6) is 0.147. The maximum Gasteiger partial charge on any atom is 0.249 e. The van der Waals surface area contributed by atoms with Gasteiger partial charge in [0.25, 0.3) is 0 Å². The zero-order valence-corrected chi connectivity index (χ0v) is 8.95. The number of hydrogen-bond donors (Lipinski definition) is 0. The Hall–Kier alpha value is -0.610. The van der Waals surface area contributed by atoms with Crippen molar-refractivity contribution in [2.45, 2.75) is 18.4 Å². The van der Waals surface area contributed by atoms with Gasteiger partial charge in [-0.05, 0) is 19.9 Å². The fourth-order valence-electron chi connectivity index (χ4n) is 2.61. The van der Waals surface area contributed by atoms with E-state index in [1.807, 2.05) is 4.90 Å². The first-order chi connectivity index (χ1) is 6.68. The first-order valence-electron chi connectivity index (χ1n) is 5.16. The summed E-state index contributed by atoms with van der Waals surface area (Å²) in [7, 11) is 3.69. The molecule has 0 aromatic rings. The molecule has 0 aromatic carbocycles. The van der Waals surface area contributed by atoms with E-state index < -0.39 is 0 Å². The maximum absolute atomic E-state index is 11.7. The van der Waals surface area contributed by atoms with Crippen LogP contribution in [-0.4, -0.2) is 61.6 Å². The zero-order chi connectivity index (χ0) is 10.2. The molecule has 0 aliphatic carbocycles. The summed E-state index contributed by atoms with van der Waals surface area (Å²) >= 11 is 0. The predicted octanol–water partition coefficient (Wildman–Crippen LogP) is -0.0606. The van der Waals surface area contributed by atoms with Crippen molar-refractivity contribution in [3.05, 3.63) is 0 Å². The molecule has 4 heteroatoms. The largest absolute Gasteiger partial charge is 0.375 e. The second-order valence-electron chi connectivity index (χ2n) is 4.44. The van der Waals surface area contributed by atoms with Crippen molar-refractivity contribution in [2.75, 3.05) is 40.4 Å². The van der Waals surface area contributed by atoms with E-state index in [1.54, 1.807) is 7.11 Å². The highest BCUT2D eigenvalue weighted by Crippen LogP contribution is 2.38. The van der Waals surface area contributed by atoms with Crippen LogP contribution in [0.3, 0.4) is 0 Å². The SMILES string of the molecule is COCC(=O)N1CCC12CCN(C)C2. The van der Waals surface area contributed by atoms with Gasteiger partial charge in [0.05, 0.1) is 5.54 Å². The third kappa shape index (κ3) is 1.42. The van der Waals surface area contributed by atoms with Crippen LogP contribution in [0.5, 0.6) is 0 Å². The second kappa shape index (κ2) is 3.51. The third-order valence-electron chi connectivity index (χ3n) is 3.47. The molecule has 2 aliphatic heterocycles. The molecular formula is C10H18N2O2. The molecule has 14 heavy (non-hydrogen) atoms. The van der Waals surface area contributed by atoms with Crippen molar-refractivity contribution >= 4 is 5.91 Å². The van der Waals surface area contributed by atoms with E-state index in [2.05, 4.69) is 11.9 Å². The molecule has 2 aliphatic rings. The van der Waals surface area contributed by atoms with Crippen LogP contribution in [0.15, 0.2) is 0 Å². The Morgan fingerprint density at radius 2 is 2.14 bits per heavy atom. The number of hydrogen-bond acceptors (Lipinski definition) is 3. The van der Waals surface area contributed by atoms with Crippen molar-refractivity contribution < 1.29 is 9.53 Å². The number of likely N-dealkylation sites (tertiary alicyclic amines) is 2. The monoisotopic (exact) mass is 198 g/mol. The summed E-state index contributed by atoms with van der Waals surface area (Å²) in [5.41, 5.74) is 0.157. The minimum Gasteiger partial charge on any atom is -0.375 e. The molecule has 0 radical (unpaired) electrons. The Morgan fingerprint density at radius 3 is 2.57 bits per heavy atom. The summed E-state index contributed by atoms with van der Waals surface area (Å²) in [6.07, 6.45) is 2.28. The number of carbonyl (C=O) groups is 1. The summed E-state index contributed by atoms with van der Waals surface area (Å²) in [4.78, 5) is 16.0. The van der Waals surface area contributed by atoms with E-state index in [0.717, 1.165) is 32.5 Å². The zero-order valence-electron chi connectivity index (χ0n) is 8.95. The minimum atomic E-state index is 0.147. The van der Waals surface area contributed by atoms with Gasteiger partial charge >= 0.3 is 0 Å². The maximum atomic E-state index is 11.7. The lowest BCUT2D eigenvalue weighted by molar-refractivity contribution is -0.150. The van der Waals surface area contributed by atoms with Crippen molar-refractivity contribution in [1.29, 1.82) is 0 Å². The van der Waals surface area contributed by atoms with Crippen LogP contribution in [0.1, 0.15) is 12.8 Å². The summed E-state index contributed by atoms with van der Waals surface area (Å²) in [6.45, 7) is 3.28. The number of amides is 1. The van der Waals surface area contributed by atoms with Crippen molar-refractivity contribution in [1.82, 2.24) is 9.80 Å². The lowest BCUT2D eigenvalue weighted by atomic mass is 9.83. The lowest BCUT2D eigenvalue weighted by Crippen LogP contribution is -2.63. The second-order valence-corrected chi connectivity index (χ2v) is 4.44. The predicted molar refractivity (Wildman–Crippen MR) is 53.1 cm³/mol. The van der Waals surface area contributed by atoms with Crippen LogP contribution in [0.2, 0.25) is 0 Å². The van der Waals surface area contributed by atoms with Crippen molar-refractivity contribution in [3.8, 4) is 0 Å². The molecule has 2 fully saturated rings. The number of methoxy groups -OCH3 is 1. The highest BCUT2D eigenvalue weighted by Gasteiger charge is 2.50. The van der Waals surface area contributed by atoms with Crippen LogP contribution in [0.4, 0.5) is 0 Å². The Balaban J connectivity index is 1.98. The molecule has 1 unspecified atom stereocenters. The smallest absolute Gasteiger partial charge is 0.249 e. The van der Waals surface area contributed by atoms with Gasteiger partial charge in [0.2, 0.25) is 5.91 Å². The quantitative estimate of drug-likeness (QED) is 0.623. The van der Waals surface area contributed by atoms with Gasteiger partial charge < -0.3 is 14.5 Å². The Labute approximate surface area is 84.8 Å². The fourth-order valence-corrected chi connectivity index (χ4v) is 2.61. The van der Waals surface area contributed by atoms with Crippen molar-refractivity contribution in [3.63, 3.8) is 0 Å². The van der Waals surface area contributed by atoms with Crippen LogP contribution in [0.25, 0.3) is 0 Å². The Morgan fingerprint density at radius 1 is 1.43 bits per heavy atom. The topological polar surface area (TPSA) is 32.8 Å². The first kappa shape index (κ1) is 9.93. The molecule has 2 heterocycles. The summed E-state index contributed by atoms with van der Waals surface area (Å²) < 4.78 is 4.89. The van der Waals surface area contributed by atoms with Crippen LogP contribution in [0, 0.1) is 0 Å². The highest BCUT2D eigenvalue weighted by molar-refractivity contribution is 5.79. The summed E-state index contributed by atoms with van der Waals surface area (Å²) in [5, 5.41) is 0. The van der Waals surface area contributed by atoms with Crippen LogP contribution < -0.4 is 0 Å². The molecule has 2 rings (SSSR count). The number of ether oxygens (including phenoxy) is 1. The van der Waals surface area contributed by atoms with E-state index in [-0.39, 0.29) is 18.1 Å². The van der Waals surface area contributed by atoms with Crippen LogP contribution in [-0.2, 0) is 9.53 Å². The molecule has 0 bridgehead atoms. The average molecular weight is 198 g/mol. The molecule has 1 spiro atoms. The van der Waals surface area contributed by atoms with Crippen molar-refractivity contribution in [2.24, 2.45) is 0 Å². The molecule has 1 amide bonds. The van der Waals surface area contributed by atoms with Gasteiger partial charge in [-0.25, -0.2) is 0 Å². The van der Waals surface area contributed by atoms with Gasteiger partial charge in [-0.15, -0.1) is 0 Å². The summed E-state index contributed by atoms with van der Waals surface area (Å²) in [6, 6.07) is 0. The van der Waals surface area contributed by atoms with Gasteiger partial charge in [0.15, 0.2) is 0 Å². The Kier molecular flexibility index (Phi) is 2.49. The fraction of sp³-hybridized carbons (Fsp3) is 0.900. The Bertz CT molecular complexity index is 244. The van der Waals surface area contributed by atoms with E-state index in [9.17, 15) is 4.79 Å². The number of nitrogens with zero attached hydrogens (tertiary/aromatic N) is 2. The minimum absolute atomic E-state index is 0.147. The van der Waals surface area contributed by atoms with E-state index >= 15 is 0 Å². The molecule has 0 aromatic heterocycles. The van der Waals surface area contributed by atoms with Crippen LogP contribution >= 0.6 is 0 Å².